The Kier molecular flexibility index (Phi) is 8.78. The molecule has 1 saturated heterocycles. The van der Waals surface area contributed by atoms with Gasteiger partial charge in [-0.25, -0.2) is 17.2 Å². The van der Waals surface area contributed by atoms with Crippen molar-refractivity contribution in [2.45, 2.75) is 30.8 Å². The summed E-state index contributed by atoms with van der Waals surface area (Å²) in [4.78, 5) is 17.7. The van der Waals surface area contributed by atoms with E-state index >= 15 is 0 Å². The van der Waals surface area contributed by atoms with Crippen molar-refractivity contribution in [3.8, 4) is 0 Å². The Hall–Kier alpha value is -3.59. The zero-order valence-corrected chi connectivity index (χ0v) is 24.6. The number of piperazine rings is 1. The van der Waals surface area contributed by atoms with Crippen molar-refractivity contribution in [1.82, 2.24) is 19.4 Å². The lowest BCUT2D eigenvalue weighted by Gasteiger charge is -2.34. The van der Waals surface area contributed by atoms with Crippen LogP contribution in [0.2, 0.25) is 0 Å². The first-order valence-corrected chi connectivity index (χ1v) is 15.2. The number of nitrogens with one attached hydrogen (secondary N) is 3. The minimum absolute atomic E-state index is 0.0751. The highest BCUT2D eigenvalue weighted by molar-refractivity contribution is 7.89. The second-order valence-corrected chi connectivity index (χ2v) is 12.6. The topological polar surface area (TPSA) is 123 Å². The van der Waals surface area contributed by atoms with Crippen LogP contribution in [0.25, 0.3) is 0 Å². The Morgan fingerprint density at radius 3 is 2.50 bits per heavy atom. The summed E-state index contributed by atoms with van der Waals surface area (Å²) in [5.74, 6) is -2.19. The molecule has 11 nitrogen and oxygen atoms in total. The Morgan fingerprint density at radius 1 is 1.10 bits per heavy atom. The lowest BCUT2D eigenvalue weighted by atomic mass is 10.1. The summed E-state index contributed by atoms with van der Waals surface area (Å²) in [6.07, 6.45) is 0.288. The number of hydrogen-bond donors (Lipinski definition) is 3. The fourth-order valence-electron chi connectivity index (χ4n) is 5.25. The molecular formula is C28H35F2N7O4S. The number of H-pyrrole nitrogens is 1. The average Bonchev–Trinajstić information content (AvgIpc) is 3.34. The number of amides is 1. The predicted molar refractivity (Wildman–Crippen MR) is 155 cm³/mol. The van der Waals surface area contributed by atoms with Gasteiger partial charge in [0.05, 0.1) is 17.1 Å². The number of halogens is 2. The molecule has 1 aromatic heterocycles. The third-order valence-corrected chi connectivity index (χ3v) is 9.36. The highest BCUT2D eigenvalue weighted by atomic mass is 32.2. The zero-order chi connectivity index (χ0) is 30.0. The maximum atomic E-state index is 13.8. The number of carbonyl (C=O) groups excluding carboxylic acids is 1. The van der Waals surface area contributed by atoms with Gasteiger partial charge in [-0.3, -0.25) is 9.89 Å². The van der Waals surface area contributed by atoms with Crippen molar-refractivity contribution in [3.05, 3.63) is 64.9 Å². The standard InChI is InChI=1S/C28H35F2N7O4S/c1-18(17-41-3)31-26-15-21(36-10-8-35(2)9-11-36)4-5-23(26)28(38)32-27-24-16-37(7-6-25(24)33-34-27)42(39,40)22-13-19(29)12-20(30)14-22/h4-5,12-15,18,31H,6-11,16-17H2,1-3H3,(H2,32,33,34,38). The first kappa shape index (κ1) is 29.9. The van der Waals surface area contributed by atoms with Crippen molar-refractivity contribution in [3.63, 3.8) is 0 Å². The number of aromatic nitrogens is 2. The lowest BCUT2D eigenvalue weighted by molar-refractivity contribution is 0.102. The molecule has 0 aliphatic carbocycles. The van der Waals surface area contributed by atoms with Crippen molar-refractivity contribution in [2.75, 3.05) is 69.0 Å². The van der Waals surface area contributed by atoms with E-state index in [9.17, 15) is 22.0 Å². The molecular weight excluding hydrogens is 568 g/mol. The summed E-state index contributed by atoms with van der Waals surface area (Å²) in [6, 6.07) is 7.76. The summed E-state index contributed by atoms with van der Waals surface area (Å²) in [6.45, 7) is 5.98. The maximum absolute atomic E-state index is 13.8. The molecule has 2 aliphatic heterocycles. The number of hydrogen-bond acceptors (Lipinski definition) is 8. The second-order valence-electron chi connectivity index (χ2n) is 10.7. The molecule has 0 spiro atoms. The van der Waals surface area contributed by atoms with Gasteiger partial charge in [-0.2, -0.15) is 9.40 Å². The third kappa shape index (κ3) is 6.41. The molecule has 2 aromatic carbocycles. The number of aromatic amines is 1. The molecule has 2 aliphatic rings. The number of benzene rings is 2. The van der Waals surface area contributed by atoms with E-state index < -0.39 is 32.5 Å². The molecule has 14 heteroatoms. The van der Waals surface area contributed by atoms with Gasteiger partial charge in [0, 0.05) is 87.5 Å². The number of likely N-dealkylation sites (N-methyl/N-ethyl adjacent to an activating group) is 1. The summed E-state index contributed by atoms with van der Waals surface area (Å²) in [7, 11) is -0.497. The number of anilines is 3. The molecule has 42 heavy (non-hydrogen) atoms. The van der Waals surface area contributed by atoms with E-state index in [-0.39, 0.29) is 31.4 Å². The molecule has 0 radical (unpaired) electrons. The zero-order valence-electron chi connectivity index (χ0n) is 23.8. The van der Waals surface area contributed by atoms with E-state index in [1.807, 2.05) is 19.1 Å². The molecule has 1 fully saturated rings. The number of carbonyl (C=O) groups is 1. The van der Waals surface area contributed by atoms with Crippen LogP contribution in [0, 0.1) is 11.6 Å². The van der Waals surface area contributed by atoms with Crippen LogP contribution in [0.15, 0.2) is 41.3 Å². The number of nitrogens with zero attached hydrogens (tertiary/aromatic N) is 4. The van der Waals surface area contributed by atoms with Gasteiger partial charge in [-0.1, -0.05) is 0 Å². The number of sulfonamides is 1. The van der Waals surface area contributed by atoms with E-state index in [0.717, 1.165) is 48.3 Å². The third-order valence-electron chi connectivity index (χ3n) is 7.54. The summed E-state index contributed by atoms with van der Waals surface area (Å²) < 4.78 is 60.4. The molecule has 226 valence electrons. The quantitative estimate of drug-likeness (QED) is 0.341. The van der Waals surface area contributed by atoms with Gasteiger partial charge in [0.1, 0.15) is 11.6 Å². The van der Waals surface area contributed by atoms with Crippen LogP contribution in [0.5, 0.6) is 0 Å². The highest BCUT2D eigenvalue weighted by Crippen LogP contribution is 2.31. The SMILES string of the molecule is COCC(C)Nc1cc(N2CCN(C)CC2)ccc1C(=O)Nc1n[nH]c2c1CN(S(=O)(=O)c1cc(F)cc(F)c1)CC2. The van der Waals surface area contributed by atoms with E-state index in [2.05, 4.69) is 37.7 Å². The van der Waals surface area contributed by atoms with Crippen LogP contribution in [-0.2, 0) is 27.7 Å². The van der Waals surface area contributed by atoms with Gasteiger partial charge in [-0.15, -0.1) is 0 Å². The monoisotopic (exact) mass is 603 g/mol. The molecule has 3 heterocycles. The van der Waals surface area contributed by atoms with E-state index in [4.69, 9.17) is 4.74 Å². The number of fused-ring (bicyclic) bond motifs is 1. The molecule has 1 atom stereocenters. The Balaban J connectivity index is 1.38. The smallest absolute Gasteiger partial charge is 0.258 e. The Bertz CT molecular complexity index is 1540. The first-order chi connectivity index (χ1) is 20.0. The number of ether oxygens (including phenoxy) is 1. The fraction of sp³-hybridized carbons (Fsp3) is 0.429. The lowest BCUT2D eigenvalue weighted by Crippen LogP contribution is -2.44. The van der Waals surface area contributed by atoms with Crippen molar-refractivity contribution >= 4 is 33.1 Å². The van der Waals surface area contributed by atoms with Gasteiger partial charge in [0.25, 0.3) is 5.91 Å². The van der Waals surface area contributed by atoms with Gasteiger partial charge in [-0.05, 0) is 44.3 Å². The van der Waals surface area contributed by atoms with Gasteiger partial charge < -0.3 is 25.2 Å². The van der Waals surface area contributed by atoms with Crippen LogP contribution >= 0.6 is 0 Å². The van der Waals surface area contributed by atoms with Gasteiger partial charge in [0.15, 0.2) is 5.82 Å². The van der Waals surface area contributed by atoms with E-state index in [0.29, 0.717) is 35.2 Å². The predicted octanol–water partition coefficient (Wildman–Crippen LogP) is 2.89. The van der Waals surface area contributed by atoms with Crippen LogP contribution in [-0.4, -0.2) is 93.3 Å². The van der Waals surface area contributed by atoms with Gasteiger partial charge in [0.2, 0.25) is 10.0 Å². The Morgan fingerprint density at radius 2 is 1.81 bits per heavy atom. The van der Waals surface area contributed by atoms with Crippen LogP contribution in [0.3, 0.4) is 0 Å². The summed E-state index contributed by atoms with van der Waals surface area (Å²) >= 11 is 0. The highest BCUT2D eigenvalue weighted by Gasteiger charge is 2.32. The largest absolute Gasteiger partial charge is 0.383 e. The van der Waals surface area contributed by atoms with Crippen molar-refractivity contribution < 1.29 is 26.7 Å². The molecule has 3 N–H and O–H groups in total. The van der Waals surface area contributed by atoms with Gasteiger partial charge >= 0.3 is 0 Å². The molecule has 3 aromatic rings. The summed E-state index contributed by atoms with van der Waals surface area (Å²) in [5, 5.41) is 13.3. The van der Waals surface area contributed by atoms with Crippen LogP contribution in [0.4, 0.5) is 26.0 Å². The fourth-order valence-corrected chi connectivity index (χ4v) is 6.70. The van der Waals surface area contributed by atoms with Crippen LogP contribution < -0.4 is 15.5 Å². The Labute approximate surface area is 243 Å². The summed E-state index contributed by atoms with van der Waals surface area (Å²) in [5.41, 5.74) is 3.20. The second kappa shape index (κ2) is 12.3. The van der Waals surface area contributed by atoms with E-state index in [1.54, 1.807) is 13.2 Å². The van der Waals surface area contributed by atoms with Crippen molar-refractivity contribution in [1.29, 1.82) is 0 Å². The number of rotatable bonds is 9. The number of methoxy groups -OCH3 is 1. The minimum Gasteiger partial charge on any atom is -0.383 e. The molecule has 0 saturated carbocycles. The molecule has 1 amide bonds. The normalized spacial score (nSPS) is 17.1. The molecule has 0 bridgehead atoms. The van der Waals surface area contributed by atoms with E-state index in [1.165, 1.54) is 0 Å². The van der Waals surface area contributed by atoms with Crippen molar-refractivity contribution in [2.24, 2.45) is 0 Å². The average molecular weight is 604 g/mol. The minimum atomic E-state index is -4.20. The maximum Gasteiger partial charge on any atom is 0.258 e. The molecule has 5 rings (SSSR count). The first-order valence-electron chi connectivity index (χ1n) is 13.7. The molecule has 1 unspecified atom stereocenters. The van der Waals surface area contributed by atoms with Crippen LogP contribution in [0.1, 0.15) is 28.5 Å².